The number of aliphatic hydroxyl groups excluding tert-OH is 2. The van der Waals surface area contributed by atoms with E-state index in [9.17, 15) is 24.6 Å². The summed E-state index contributed by atoms with van der Waals surface area (Å²) in [6, 6.07) is -0.623. The number of halogens is 1. The molecule has 130 valence electrons. The van der Waals surface area contributed by atoms with Crippen molar-refractivity contribution in [1.29, 1.82) is 0 Å². The van der Waals surface area contributed by atoms with Crippen LogP contribution in [0.1, 0.15) is 12.5 Å². The largest absolute Gasteiger partial charge is 0.390 e. The SMILES string of the molecule is Nc1nc(Cl)nc2c1ncn2[C@H]1[C@H](O)[C@H](O)[C@]2(CP(=O)(O)O)C[C@H]12. The Morgan fingerprint density at radius 3 is 2.79 bits per heavy atom. The molecule has 2 aromatic rings. The standard InChI is InChI=1S/C12H15ClN5O5P/c13-11-16-9(14)5-10(17-11)18(3-15-5)6-4-1-12(4,2-24(21,22)23)8(20)7(6)19/h3-4,6-8,19-20H,1-2H2,(H2,14,16,17)(H2,21,22,23)/t4-,6-,7+,8+,12+/m1/s1. The number of rotatable bonds is 3. The van der Waals surface area contributed by atoms with Gasteiger partial charge in [-0.15, -0.1) is 0 Å². The second kappa shape index (κ2) is 4.87. The summed E-state index contributed by atoms with van der Waals surface area (Å²) in [7, 11) is -4.33. The Bertz CT molecular complexity index is 886. The summed E-state index contributed by atoms with van der Waals surface area (Å²) >= 11 is 5.83. The molecule has 0 spiro atoms. The molecule has 4 rings (SSSR count). The highest BCUT2D eigenvalue weighted by atomic mass is 35.5. The minimum absolute atomic E-state index is 0.0768. The van der Waals surface area contributed by atoms with Crippen molar-refractivity contribution in [2.45, 2.75) is 24.7 Å². The molecule has 2 fully saturated rings. The number of hydrogen-bond acceptors (Lipinski definition) is 7. The average molecular weight is 376 g/mol. The lowest BCUT2D eigenvalue weighted by atomic mass is 10.0. The average Bonchev–Trinajstić information content (AvgIpc) is 2.90. The summed E-state index contributed by atoms with van der Waals surface area (Å²) < 4.78 is 12.9. The Morgan fingerprint density at radius 1 is 1.42 bits per heavy atom. The second-order valence-electron chi connectivity index (χ2n) is 6.49. The van der Waals surface area contributed by atoms with E-state index >= 15 is 0 Å². The molecule has 0 bridgehead atoms. The van der Waals surface area contributed by atoms with Crippen LogP contribution >= 0.6 is 19.2 Å². The molecule has 2 aromatic heterocycles. The van der Waals surface area contributed by atoms with Crippen molar-refractivity contribution in [3.8, 4) is 0 Å². The summed E-state index contributed by atoms with van der Waals surface area (Å²) in [5.74, 6) is -0.212. The van der Waals surface area contributed by atoms with Gasteiger partial charge >= 0.3 is 7.60 Å². The third-order valence-corrected chi connectivity index (χ3v) is 6.27. The van der Waals surface area contributed by atoms with Gasteiger partial charge in [0.05, 0.1) is 24.6 Å². The van der Waals surface area contributed by atoms with Crippen LogP contribution in [-0.4, -0.2) is 57.9 Å². The Morgan fingerprint density at radius 2 is 2.12 bits per heavy atom. The van der Waals surface area contributed by atoms with Gasteiger partial charge in [0.25, 0.3) is 0 Å². The van der Waals surface area contributed by atoms with Crippen LogP contribution in [0.3, 0.4) is 0 Å². The first-order valence-electron chi connectivity index (χ1n) is 7.20. The van der Waals surface area contributed by atoms with Crippen LogP contribution in [0.15, 0.2) is 6.33 Å². The molecule has 2 aliphatic rings. The van der Waals surface area contributed by atoms with Gasteiger partial charge in [-0.25, -0.2) is 4.98 Å². The van der Waals surface area contributed by atoms with Gasteiger partial charge in [-0.2, -0.15) is 9.97 Å². The van der Waals surface area contributed by atoms with Crippen LogP contribution in [-0.2, 0) is 4.57 Å². The lowest BCUT2D eigenvalue weighted by molar-refractivity contribution is -0.0137. The van der Waals surface area contributed by atoms with Crippen molar-refractivity contribution >= 4 is 36.2 Å². The molecule has 2 saturated carbocycles. The quantitative estimate of drug-likeness (QED) is 0.351. The molecule has 2 aliphatic carbocycles. The molecule has 6 N–H and O–H groups in total. The van der Waals surface area contributed by atoms with E-state index in [1.54, 1.807) is 4.57 Å². The number of nitrogen functional groups attached to an aromatic ring is 1. The summed E-state index contributed by atoms with van der Waals surface area (Å²) in [5, 5.41) is 20.7. The number of imidazole rings is 1. The fourth-order valence-electron chi connectivity index (χ4n) is 4.06. The van der Waals surface area contributed by atoms with E-state index in [0.717, 1.165) is 0 Å². The molecule has 0 amide bonds. The molecular formula is C12H15ClN5O5P. The zero-order valence-electron chi connectivity index (χ0n) is 12.2. The van der Waals surface area contributed by atoms with Crippen LogP contribution in [0, 0.1) is 11.3 Å². The summed E-state index contributed by atoms with van der Waals surface area (Å²) in [6.07, 6.45) is -1.10. The van der Waals surface area contributed by atoms with Gasteiger partial charge in [-0.3, -0.25) is 4.57 Å². The zero-order chi connectivity index (χ0) is 17.4. The number of nitrogens with zero attached hydrogens (tertiary/aromatic N) is 4. The first kappa shape index (κ1) is 16.2. The van der Waals surface area contributed by atoms with E-state index in [1.165, 1.54) is 6.33 Å². The molecule has 0 unspecified atom stereocenters. The molecule has 0 radical (unpaired) electrons. The first-order chi connectivity index (χ1) is 11.1. The highest BCUT2D eigenvalue weighted by molar-refractivity contribution is 7.51. The molecule has 5 atom stereocenters. The molecule has 12 heteroatoms. The smallest absolute Gasteiger partial charge is 0.326 e. The van der Waals surface area contributed by atoms with Crippen molar-refractivity contribution in [3.63, 3.8) is 0 Å². The van der Waals surface area contributed by atoms with Gasteiger partial charge in [0.15, 0.2) is 11.5 Å². The maximum atomic E-state index is 11.4. The normalized spacial score (nSPS) is 35.4. The van der Waals surface area contributed by atoms with Gasteiger partial charge in [0.1, 0.15) is 11.6 Å². The fourth-order valence-corrected chi connectivity index (χ4v) is 5.55. The minimum Gasteiger partial charge on any atom is -0.390 e. The van der Waals surface area contributed by atoms with Gasteiger partial charge in [-0.05, 0) is 23.9 Å². The molecule has 0 saturated heterocycles. The van der Waals surface area contributed by atoms with Crippen molar-refractivity contribution in [3.05, 3.63) is 11.6 Å². The first-order valence-corrected chi connectivity index (χ1v) is 9.38. The highest BCUT2D eigenvalue weighted by Gasteiger charge is 2.72. The van der Waals surface area contributed by atoms with E-state index in [4.69, 9.17) is 17.3 Å². The molecule has 10 nitrogen and oxygen atoms in total. The van der Waals surface area contributed by atoms with Crippen LogP contribution in [0.25, 0.3) is 11.2 Å². The van der Waals surface area contributed by atoms with Crippen molar-refractivity contribution in [2.24, 2.45) is 11.3 Å². The predicted octanol–water partition coefficient (Wildman–Crippen LogP) is -0.478. The minimum atomic E-state index is -4.33. The molecule has 2 heterocycles. The molecule has 24 heavy (non-hydrogen) atoms. The Balaban J connectivity index is 1.78. The predicted molar refractivity (Wildman–Crippen MR) is 83.2 cm³/mol. The summed E-state index contributed by atoms with van der Waals surface area (Å²) in [6.45, 7) is 0. The summed E-state index contributed by atoms with van der Waals surface area (Å²) in [5.41, 5.74) is 5.38. The zero-order valence-corrected chi connectivity index (χ0v) is 13.8. The van der Waals surface area contributed by atoms with Crippen molar-refractivity contribution in [1.82, 2.24) is 19.5 Å². The van der Waals surface area contributed by atoms with Gasteiger partial charge < -0.3 is 30.3 Å². The van der Waals surface area contributed by atoms with Crippen LogP contribution in [0.4, 0.5) is 5.82 Å². The monoisotopic (exact) mass is 375 g/mol. The van der Waals surface area contributed by atoms with Crippen molar-refractivity contribution in [2.75, 3.05) is 11.9 Å². The number of anilines is 1. The molecular weight excluding hydrogens is 361 g/mol. The van der Waals surface area contributed by atoms with Crippen LogP contribution in [0.2, 0.25) is 5.28 Å². The van der Waals surface area contributed by atoms with Crippen molar-refractivity contribution < 1.29 is 24.6 Å². The van der Waals surface area contributed by atoms with E-state index < -0.39 is 37.4 Å². The fraction of sp³-hybridized carbons (Fsp3) is 0.583. The topological polar surface area (TPSA) is 168 Å². The highest BCUT2D eigenvalue weighted by Crippen LogP contribution is 2.71. The van der Waals surface area contributed by atoms with E-state index in [0.29, 0.717) is 17.6 Å². The van der Waals surface area contributed by atoms with E-state index in [2.05, 4.69) is 15.0 Å². The van der Waals surface area contributed by atoms with Gasteiger partial charge in [-0.1, -0.05) is 0 Å². The van der Waals surface area contributed by atoms with E-state index in [1.807, 2.05) is 0 Å². The van der Waals surface area contributed by atoms with Crippen LogP contribution in [0.5, 0.6) is 0 Å². The lowest BCUT2D eigenvalue weighted by Crippen LogP contribution is -2.35. The summed E-state index contributed by atoms with van der Waals surface area (Å²) in [4.78, 5) is 30.6. The van der Waals surface area contributed by atoms with E-state index in [-0.39, 0.29) is 17.0 Å². The number of aromatic nitrogens is 4. The third kappa shape index (κ3) is 2.18. The number of fused-ring (bicyclic) bond motifs is 2. The Labute approximate surface area is 140 Å². The van der Waals surface area contributed by atoms with Crippen LogP contribution < -0.4 is 5.73 Å². The second-order valence-corrected chi connectivity index (χ2v) is 8.48. The number of hydrogen-bond donors (Lipinski definition) is 5. The third-order valence-electron chi connectivity index (χ3n) is 5.10. The Kier molecular flexibility index (Phi) is 3.29. The lowest BCUT2D eigenvalue weighted by Gasteiger charge is -2.24. The van der Waals surface area contributed by atoms with Gasteiger partial charge in [0, 0.05) is 5.41 Å². The molecule has 0 aliphatic heterocycles. The number of nitrogens with two attached hydrogens (primary N) is 1. The van der Waals surface area contributed by atoms with Gasteiger partial charge in [0.2, 0.25) is 5.28 Å². The maximum absolute atomic E-state index is 11.4. The molecule has 0 aromatic carbocycles. The Hall–Kier alpha value is -1.29. The number of aliphatic hydroxyl groups is 2. The maximum Gasteiger partial charge on any atom is 0.326 e.